The van der Waals surface area contributed by atoms with Gasteiger partial charge in [0.2, 0.25) is 0 Å². The molecule has 1 amide bonds. The van der Waals surface area contributed by atoms with Crippen LogP contribution in [0.5, 0.6) is 0 Å². The fraction of sp³-hybridized carbons (Fsp3) is 0.714. The summed E-state index contributed by atoms with van der Waals surface area (Å²) in [5.74, 6) is -0.0839. The average molecular weight is 444 g/mol. The summed E-state index contributed by atoms with van der Waals surface area (Å²) in [7, 11) is 0. The standard InChI is InChI=1S/C14H23BrN2O2S.BrH/c1-6-9(2)11(12-16-10(7-15)8-20-12)17-13(18)19-14(3,4)5;/h8-9,11H,6-7H2,1-5H3,(H,17,18);1H/p-1/t9-,11-;/m0./s1/i11D;. The smallest absolute Gasteiger partial charge is 0.408 e. The summed E-state index contributed by atoms with van der Waals surface area (Å²) in [6.45, 7) is 9.32. The Kier molecular flexibility index (Phi) is 8.19. The molecule has 0 fully saturated rings. The minimum atomic E-state index is -1.28. The van der Waals surface area contributed by atoms with Crippen molar-refractivity contribution in [2.45, 2.75) is 58.0 Å². The molecule has 0 unspecified atom stereocenters. The highest BCUT2D eigenvalue weighted by Crippen LogP contribution is 2.28. The van der Waals surface area contributed by atoms with E-state index in [-0.39, 0.29) is 22.9 Å². The summed E-state index contributed by atoms with van der Waals surface area (Å²) in [6.07, 6.45) is 0.163. The molecule has 2 atom stereocenters. The van der Waals surface area contributed by atoms with Crippen LogP contribution in [0.3, 0.4) is 0 Å². The highest BCUT2D eigenvalue weighted by Gasteiger charge is 2.26. The Morgan fingerprint density at radius 1 is 1.62 bits per heavy atom. The van der Waals surface area contributed by atoms with Crippen LogP contribution in [0.15, 0.2) is 5.38 Å². The zero-order valence-corrected chi connectivity index (χ0v) is 17.0. The van der Waals surface area contributed by atoms with E-state index < -0.39 is 17.7 Å². The molecule has 0 saturated heterocycles. The highest BCUT2D eigenvalue weighted by atomic mass is 79.9. The molecular formula is C14H23Br2N2O2S-. The van der Waals surface area contributed by atoms with Crippen LogP contribution >= 0.6 is 27.3 Å². The van der Waals surface area contributed by atoms with Gasteiger partial charge in [-0.25, -0.2) is 9.78 Å². The summed E-state index contributed by atoms with van der Waals surface area (Å²) < 4.78 is 14.0. The van der Waals surface area contributed by atoms with Gasteiger partial charge in [0, 0.05) is 10.7 Å². The second-order valence-corrected chi connectivity index (χ2v) is 7.05. The predicted octanol–water partition coefficient (Wildman–Crippen LogP) is 1.65. The second-order valence-electron chi connectivity index (χ2n) is 5.63. The molecule has 1 heterocycles. The number of rotatable bonds is 5. The molecule has 21 heavy (non-hydrogen) atoms. The topological polar surface area (TPSA) is 51.2 Å². The first-order valence-electron chi connectivity index (χ1n) is 7.14. The molecule has 4 nitrogen and oxygen atoms in total. The fourth-order valence-corrected chi connectivity index (χ4v) is 2.93. The van der Waals surface area contributed by atoms with Gasteiger partial charge in [-0.3, -0.25) is 0 Å². The molecular weight excluding hydrogens is 420 g/mol. The average Bonchev–Trinajstić information content (AvgIpc) is 2.84. The van der Waals surface area contributed by atoms with Gasteiger partial charge in [-0.05, 0) is 26.7 Å². The number of hydrogen-bond donors (Lipinski definition) is 1. The van der Waals surface area contributed by atoms with Crippen molar-refractivity contribution in [3.8, 4) is 0 Å². The van der Waals surface area contributed by atoms with Gasteiger partial charge in [0.1, 0.15) is 10.6 Å². The van der Waals surface area contributed by atoms with Crippen molar-refractivity contribution in [3.63, 3.8) is 0 Å². The molecule has 1 N–H and O–H groups in total. The van der Waals surface area contributed by atoms with E-state index in [4.69, 9.17) is 6.11 Å². The summed E-state index contributed by atoms with van der Waals surface area (Å²) in [5, 5.41) is 5.80. The van der Waals surface area contributed by atoms with Gasteiger partial charge in [0.15, 0.2) is 0 Å². The quantitative estimate of drug-likeness (QED) is 0.704. The Morgan fingerprint density at radius 3 is 2.67 bits per heavy atom. The van der Waals surface area contributed by atoms with E-state index in [0.29, 0.717) is 10.3 Å². The molecule has 0 radical (unpaired) electrons. The van der Waals surface area contributed by atoms with E-state index in [2.05, 4.69) is 26.2 Å². The molecule has 7 heteroatoms. The summed E-state index contributed by atoms with van der Waals surface area (Å²) in [5.41, 5.74) is 0.269. The van der Waals surface area contributed by atoms with Crippen LogP contribution in [0.2, 0.25) is 0 Å². The number of alkyl carbamates (subject to hydrolysis) is 1. The molecule has 0 bridgehead atoms. The molecule has 0 aliphatic carbocycles. The lowest BCUT2D eigenvalue weighted by molar-refractivity contribution is -0.0000277. The third-order valence-corrected chi connectivity index (χ3v) is 4.16. The Morgan fingerprint density at radius 2 is 2.24 bits per heavy atom. The van der Waals surface area contributed by atoms with Gasteiger partial charge in [-0.2, -0.15) is 0 Å². The van der Waals surface area contributed by atoms with Crippen molar-refractivity contribution in [2.24, 2.45) is 5.92 Å². The van der Waals surface area contributed by atoms with Crippen LogP contribution in [0, 0.1) is 5.92 Å². The van der Waals surface area contributed by atoms with Crippen molar-refractivity contribution in [2.75, 3.05) is 0 Å². The van der Waals surface area contributed by atoms with E-state index in [1.165, 1.54) is 11.3 Å². The van der Waals surface area contributed by atoms with Crippen molar-refractivity contribution < 1.29 is 27.9 Å². The van der Waals surface area contributed by atoms with Crippen LogP contribution in [-0.2, 0) is 10.1 Å². The number of alkyl halides is 1. The van der Waals surface area contributed by atoms with Gasteiger partial charge in [0.25, 0.3) is 0 Å². The number of thiazole rings is 1. The number of nitrogens with zero attached hydrogens (tertiary/aromatic N) is 1. The molecule has 0 spiro atoms. The number of carbonyl (C=O) groups excluding carboxylic acids is 1. The van der Waals surface area contributed by atoms with E-state index in [9.17, 15) is 4.79 Å². The first kappa shape index (κ1) is 18.9. The van der Waals surface area contributed by atoms with Crippen molar-refractivity contribution in [1.82, 2.24) is 10.3 Å². The molecule has 0 aromatic carbocycles. The lowest BCUT2D eigenvalue weighted by Gasteiger charge is -2.25. The first-order chi connectivity index (χ1) is 9.62. The molecule has 0 aliphatic rings. The monoisotopic (exact) mass is 442 g/mol. The molecule has 1 aromatic heterocycles. The lowest BCUT2D eigenvalue weighted by Crippen LogP contribution is -3.00. The van der Waals surface area contributed by atoms with Crippen LogP contribution in [0.4, 0.5) is 4.79 Å². The van der Waals surface area contributed by atoms with Crippen LogP contribution < -0.4 is 22.3 Å². The number of ether oxygens (including phenoxy) is 1. The van der Waals surface area contributed by atoms with Gasteiger partial charge >= 0.3 is 6.09 Å². The number of aromatic nitrogens is 1. The summed E-state index contributed by atoms with van der Waals surface area (Å²) >= 11 is 4.74. The number of carbonyl (C=O) groups is 1. The highest BCUT2D eigenvalue weighted by molar-refractivity contribution is 9.08. The van der Waals surface area contributed by atoms with Crippen molar-refractivity contribution in [1.29, 1.82) is 0 Å². The van der Waals surface area contributed by atoms with Gasteiger partial charge in [0.05, 0.1) is 13.1 Å². The normalized spacial score (nSPS) is 16.2. The van der Waals surface area contributed by atoms with E-state index >= 15 is 0 Å². The van der Waals surface area contributed by atoms with Crippen LogP contribution in [0.25, 0.3) is 0 Å². The maximum atomic E-state index is 12.1. The largest absolute Gasteiger partial charge is 1.00 e. The third-order valence-electron chi connectivity index (χ3n) is 2.66. The number of hydrogen-bond acceptors (Lipinski definition) is 4. The minimum absolute atomic E-state index is 0. The van der Waals surface area contributed by atoms with E-state index in [1.54, 1.807) is 20.8 Å². The van der Waals surface area contributed by atoms with E-state index in [0.717, 1.165) is 12.1 Å². The predicted molar refractivity (Wildman–Crippen MR) is 86.3 cm³/mol. The first-order valence-corrected chi connectivity index (χ1v) is 8.64. The molecule has 0 aliphatic heterocycles. The number of nitrogens with one attached hydrogen (secondary N) is 1. The Labute approximate surface area is 151 Å². The Balaban J connectivity index is 0.00000441. The van der Waals surface area contributed by atoms with E-state index in [1.807, 2.05) is 19.2 Å². The van der Waals surface area contributed by atoms with Crippen molar-refractivity contribution in [3.05, 3.63) is 16.1 Å². The van der Waals surface area contributed by atoms with Crippen LogP contribution in [-0.4, -0.2) is 16.7 Å². The number of halogens is 2. The zero-order chi connectivity index (χ0) is 16.3. The third kappa shape index (κ3) is 7.10. The van der Waals surface area contributed by atoms with Crippen molar-refractivity contribution >= 4 is 33.4 Å². The maximum Gasteiger partial charge on any atom is 0.408 e. The molecule has 1 aromatic rings. The number of amides is 1. The van der Waals surface area contributed by atoms with Gasteiger partial charge in [-0.1, -0.05) is 36.2 Å². The molecule has 122 valence electrons. The van der Waals surface area contributed by atoms with Gasteiger partial charge < -0.3 is 27.0 Å². The lowest BCUT2D eigenvalue weighted by atomic mass is 10.00. The summed E-state index contributed by atoms with van der Waals surface area (Å²) in [4.78, 5) is 16.5. The second kappa shape index (κ2) is 9.10. The van der Waals surface area contributed by atoms with Gasteiger partial charge in [-0.15, -0.1) is 11.3 Å². The Hall–Kier alpha value is -0.140. The van der Waals surface area contributed by atoms with Crippen LogP contribution in [0.1, 0.15) is 59.1 Å². The zero-order valence-electron chi connectivity index (χ0n) is 14.0. The molecule has 0 saturated carbocycles. The summed E-state index contributed by atoms with van der Waals surface area (Å²) in [6, 6.07) is -1.28. The SMILES string of the molecule is [2H][C@@](NC(=O)OC(C)(C)C)(c1nc(CBr)cs1)[C@@H](C)CC.[Br-]. The maximum absolute atomic E-state index is 12.1. The molecule has 1 rings (SSSR count). The minimum Gasteiger partial charge on any atom is -1.00 e. The Bertz CT molecular complexity index is 493. The fourth-order valence-electron chi connectivity index (χ4n) is 1.50.